The molecule has 2 rings (SSSR count). The van der Waals surface area contributed by atoms with E-state index in [0.29, 0.717) is 0 Å². The molecule has 1 aromatic heterocycles. The molecule has 1 aromatic carbocycles. The second kappa shape index (κ2) is 3.54. The predicted molar refractivity (Wildman–Crippen MR) is 55.2 cm³/mol. The van der Waals surface area contributed by atoms with Gasteiger partial charge in [-0.3, -0.25) is 0 Å². The summed E-state index contributed by atoms with van der Waals surface area (Å²) in [6.07, 6.45) is 3.77. The zero-order chi connectivity index (χ0) is 9.97. The minimum atomic E-state index is 0.855. The van der Waals surface area contributed by atoms with Gasteiger partial charge in [-0.05, 0) is 12.1 Å². The Morgan fingerprint density at radius 2 is 2.21 bits per heavy atom. The van der Waals surface area contributed by atoms with Gasteiger partial charge in [-0.2, -0.15) is 0 Å². The van der Waals surface area contributed by atoms with Gasteiger partial charge < -0.3 is 9.30 Å². The molecule has 0 amide bonds. The van der Waals surface area contributed by atoms with Crippen LogP contribution in [0.5, 0.6) is 5.75 Å². The number of nitrogens with zero attached hydrogens (tertiary/aromatic N) is 2. The first-order valence-electron chi connectivity index (χ1n) is 4.42. The highest BCUT2D eigenvalue weighted by molar-refractivity contribution is 5.60. The van der Waals surface area contributed by atoms with Gasteiger partial charge in [0.05, 0.1) is 19.1 Å². The van der Waals surface area contributed by atoms with E-state index in [1.807, 2.05) is 42.1 Å². The number of methoxy groups -OCH3 is 1. The number of aryl methyl sites for hydroxylation is 1. The third-order valence-corrected chi connectivity index (χ3v) is 2.07. The van der Waals surface area contributed by atoms with Crippen LogP contribution in [0.1, 0.15) is 0 Å². The third kappa shape index (κ3) is 1.62. The van der Waals surface area contributed by atoms with Gasteiger partial charge in [0.2, 0.25) is 0 Å². The van der Waals surface area contributed by atoms with E-state index in [1.54, 1.807) is 13.4 Å². The van der Waals surface area contributed by atoms with Crippen LogP contribution >= 0.6 is 0 Å². The molecule has 14 heavy (non-hydrogen) atoms. The Bertz CT molecular complexity index is 434. The van der Waals surface area contributed by atoms with Crippen molar-refractivity contribution in [1.29, 1.82) is 0 Å². The molecule has 0 radical (unpaired) electrons. The summed E-state index contributed by atoms with van der Waals surface area (Å²) in [5.41, 5.74) is 2.04. The summed E-state index contributed by atoms with van der Waals surface area (Å²) in [7, 11) is 3.62. The molecule has 0 saturated heterocycles. The zero-order valence-corrected chi connectivity index (χ0v) is 8.27. The normalized spacial score (nSPS) is 10.1. The quantitative estimate of drug-likeness (QED) is 0.721. The van der Waals surface area contributed by atoms with E-state index in [4.69, 9.17) is 4.74 Å². The van der Waals surface area contributed by atoms with Crippen molar-refractivity contribution < 1.29 is 4.74 Å². The lowest BCUT2D eigenvalue weighted by Gasteiger charge is -2.01. The van der Waals surface area contributed by atoms with Crippen LogP contribution in [0.15, 0.2) is 36.8 Å². The SMILES string of the molecule is COc1cccc(-c2cn(C)cn2)c1. The average Bonchev–Trinajstić information content (AvgIpc) is 2.65. The maximum Gasteiger partial charge on any atom is 0.119 e. The first-order valence-corrected chi connectivity index (χ1v) is 4.42. The number of hydrogen-bond acceptors (Lipinski definition) is 2. The minimum absolute atomic E-state index is 0.855. The Morgan fingerprint density at radius 1 is 1.36 bits per heavy atom. The summed E-state index contributed by atoms with van der Waals surface area (Å²) in [5, 5.41) is 0. The highest BCUT2D eigenvalue weighted by atomic mass is 16.5. The Balaban J connectivity index is 2.41. The average molecular weight is 188 g/mol. The molecule has 3 heteroatoms. The third-order valence-electron chi connectivity index (χ3n) is 2.07. The summed E-state index contributed by atoms with van der Waals surface area (Å²) in [6, 6.07) is 7.88. The van der Waals surface area contributed by atoms with Crippen molar-refractivity contribution in [1.82, 2.24) is 9.55 Å². The number of ether oxygens (including phenoxy) is 1. The van der Waals surface area contributed by atoms with E-state index >= 15 is 0 Å². The van der Waals surface area contributed by atoms with Crippen LogP contribution in [-0.2, 0) is 7.05 Å². The van der Waals surface area contributed by atoms with E-state index in [2.05, 4.69) is 4.98 Å². The first kappa shape index (κ1) is 8.81. The van der Waals surface area contributed by atoms with E-state index < -0.39 is 0 Å². The van der Waals surface area contributed by atoms with Crippen molar-refractivity contribution in [3.8, 4) is 17.0 Å². The largest absolute Gasteiger partial charge is 0.497 e. The number of rotatable bonds is 2. The number of benzene rings is 1. The van der Waals surface area contributed by atoms with Gasteiger partial charge in [0, 0.05) is 18.8 Å². The number of imidazole rings is 1. The van der Waals surface area contributed by atoms with Crippen LogP contribution in [0.4, 0.5) is 0 Å². The molecule has 0 aliphatic heterocycles. The fourth-order valence-electron chi connectivity index (χ4n) is 1.34. The smallest absolute Gasteiger partial charge is 0.119 e. The Morgan fingerprint density at radius 3 is 2.86 bits per heavy atom. The fraction of sp³-hybridized carbons (Fsp3) is 0.182. The Kier molecular flexibility index (Phi) is 2.23. The lowest BCUT2D eigenvalue weighted by molar-refractivity contribution is 0.415. The lowest BCUT2D eigenvalue weighted by atomic mass is 10.1. The van der Waals surface area contributed by atoms with Crippen LogP contribution in [0.2, 0.25) is 0 Å². The first-order chi connectivity index (χ1) is 6.79. The van der Waals surface area contributed by atoms with Crippen molar-refractivity contribution in [2.24, 2.45) is 7.05 Å². The molecule has 0 saturated carbocycles. The molecule has 0 spiro atoms. The van der Waals surface area contributed by atoms with E-state index in [1.165, 1.54) is 0 Å². The molecule has 1 heterocycles. The Hall–Kier alpha value is -1.77. The molecule has 0 aliphatic carbocycles. The highest BCUT2D eigenvalue weighted by Gasteiger charge is 2.01. The molecule has 0 fully saturated rings. The second-order valence-electron chi connectivity index (χ2n) is 3.16. The second-order valence-corrected chi connectivity index (χ2v) is 3.16. The van der Waals surface area contributed by atoms with Gasteiger partial charge in [-0.15, -0.1) is 0 Å². The molecular weight excluding hydrogens is 176 g/mol. The number of aromatic nitrogens is 2. The Labute approximate surface area is 83.0 Å². The van der Waals surface area contributed by atoms with E-state index in [0.717, 1.165) is 17.0 Å². The van der Waals surface area contributed by atoms with Gasteiger partial charge in [-0.1, -0.05) is 12.1 Å². The van der Waals surface area contributed by atoms with E-state index in [9.17, 15) is 0 Å². The van der Waals surface area contributed by atoms with Gasteiger partial charge in [0.15, 0.2) is 0 Å². The van der Waals surface area contributed by atoms with Gasteiger partial charge >= 0.3 is 0 Å². The van der Waals surface area contributed by atoms with Crippen molar-refractivity contribution in [3.05, 3.63) is 36.8 Å². The molecule has 72 valence electrons. The minimum Gasteiger partial charge on any atom is -0.497 e. The monoisotopic (exact) mass is 188 g/mol. The molecule has 0 aliphatic rings. The van der Waals surface area contributed by atoms with Gasteiger partial charge in [0.1, 0.15) is 5.75 Å². The van der Waals surface area contributed by atoms with Crippen LogP contribution in [-0.4, -0.2) is 16.7 Å². The molecular formula is C11H12N2O. The van der Waals surface area contributed by atoms with Crippen LogP contribution in [0.3, 0.4) is 0 Å². The summed E-state index contributed by atoms with van der Waals surface area (Å²) in [5.74, 6) is 0.855. The van der Waals surface area contributed by atoms with Crippen LogP contribution < -0.4 is 4.74 Å². The molecule has 2 aromatic rings. The summed E-state index contributed by atoms with van der Waals surface area (Å²) < 4.78 is 7.07. The predicted octanol–water partition coefficient (Wildman–Crippen LogP) is 2.10. The number of hydrogen-bond donors (Lipinski definition) is 0. The molecule has 0 unspecified atom stereocenters. The lowest BCUT2D eigenvalue weighted by Crippen LogP contribution is -1.83. The van der Waals surface area contributed by atoms with Crippen molar-refractivity contribution >= 4 is 0 Å². The van der Waals surface area contributed by atoms with Gasteiger partial charge in [0.25, 0.3) is 0 Å². The zero-order valence-electron chi connectivity index (χ0n) is 8.27. The van der Waals surface area contributed by atoms with E-state index in [-0.39, 0.29) is 0 Å². The maximum atomic E-state index is 5.15. The fourth-order valence-corrected chi connectivity index (χ4v) is 1.34. The topological polar surface area (TPSA) is 27.1 Å². The highest BCUT2D eigenvalue weighted by Crippen LogP contribution is 2.21. The molecule has 0 N–H and O–H groups in total. The molecule has 3 nitrogen and oxygen atoms in total. The maximum absolute atomic E-state index is 5.15. The van der Waals surface area contributed by atoms with Crippen LogP contribution in [0.25, 0.3) is 11.3 Å². The van der Waals surface area contributed by atoms with Gasteiger partial charge in [-0.25, -0.2) is 4.98 Å². The standard InChI is InChI=1S/C11H12N2O/c1-13-7-11(12-8-13)9-4-3-5-10(6-9)14-2/h3-8H,1-2H3. The van der Waals surface area contributed by atoms with Crippen LogP contribution in [0, 0.1) is 0 Å². The van der Waals surface area contributed by atoms with Crippen molar-refractivity contribution in [2.75, 3.05) is 7.11 Å². The summed E-state index contributed by atoms with van der Waals surface area (Å²) >= 11 is 0. The molecule has 0 bridgehead atoms. The molecule has 0 atom stereocenters. The summed E-state index contributed by atoms with van der Waals surface area (Å²) in [6.45, 7) is 0. The summed E-state index contributed by atoms with van der Waals surface area (Å²) in [4.78, 5) is 4.27. The van der Waals surface area contributed by atoms with Crippen molar-refractivity contribution in [2.45, 2.75) is 0 Å². The van der Waals surface area contributed by atoms with Crippen molar-refractivity contribution in [3.63, 3.8) is 0 Å².